The SMILES string of the molecule is CCOCCCNC(=S)Nc1nn(Cc2ccc(Cl)c(Cl)c2)cc1Br. The summed E-state index contributed by atoms with van der Waals surface area (Å²) in [5.41, 5.74) is 1.01. The van der Waals surface area contributed by atoms with Crippen LogP contribution in [0.15, 0.2) is 28.9 Å². The van der Waals surface area contributed by atoms with E-state index in [1.807, 2.05) is 25.3 Å². The van der Waals surface area contributed by atoms with Crippen molar-refractivity contribution in [3.8, 4) is 0 Å². The highest BCUT2D eigenvalue weighted by Gasteiger charge is 2.09. The number of rotatable bonds is 8. The van der Waals surface area contributed by atoms with Gasteiger partial charge >= 0.3 is 0 Å². The van der Waals surface area contributed by atoms with Crippen LogP contribution in [0.3, 0.4) is 0 Å². The van der Waals surface area contributed by atoms with Crippen LogP contribution in [-0.4, -0.2) is 34.7 Å². The Morgan fingerprint density at radius 1 is 1.36 bits per heavy atom. The van der Waals surface area contributed by atoms with Crippen molar-refractivity contribution in [2.45, 2.75) is 19.9 Å². The summed E-state index contributed by atoms with van der Waals surface area (Å²) in [5.74, 6) is 0.655. The molecule has 25 heavy (non-hydrogen) atoms. The maximum atomic E-state index is 6.05. The molecule has 9 heteroatoms. The molecule has 0 radical (unpaired) electrons. The van der Waals surface area contributed by atoms with Gasteiger partial charge in [0.05, 0.1) is 21.1 Å². The number of nitrogens with zero attached hydrogens (tertiary/aromatic N) is 2. The second-order valence-corrected chi connectivity index (χ2v) is 7.28. The highest BCUT2D eigenvalue weighted by atomic mass is 79.9. The minimum Gasteiger partial charge on any atom is -0.382 e. The fourth-order valence-corrected chi connectivity index (χ4v) is 2.99. The molecule has 0 bridgehead atoms. The lowest BCUT2D eigenvalue weighted by Crippen LogP contribution is -2.30. The topological polar surface area (TPSA) is 51.1 Å². The number of nitrogens with one attached hydrogen (secondary N) is 2. The van der Waals surface area contributed by atoms with Crippen LogP contribution in [0.25, 0.3) is 0 Å². The monoisotopic (exact) mass is 464 g/mol. The van der Waals surface area contributed by atoms with E-state index in [9.17, 15) is 0 Å². The maximum absolute atomic E-state index is 6.05. The highest BCUT2D eigenvalue weighted by molar-refractivity contribution is 9.10. The molecule has 1 heterocycles. The average molecular weight is 466 g/mol. The van der Waals surface area contributed by atoms with Crippen molar-refractivity contribution in [2.75, 3.05) is 25.1 Å². The third-order valence-corrected chi connectivity index (χ3v) is 4.80. The first-order valence-electron chi connectivity index (χ1n) is 7.79. The number of hydrogen-bond acceptors (Lipinski definition) is 3. The van der Waals surface area contributed by atoms with Crippen LogP contribution in [0.1, 0.15) is 18.9 Å². The van der Waals surface area contributed by atoms with Crippen LogP contribution in [0.5, 0.6) is 0 Å². The fourth-order valence-electron chi connectivity index (χ4n) is 2.06. The zero-order chi connectivity index (χ0) is 18.2. The summed E-state index contributed by atoms with van der Waals surface area (Å²) in [7, 11) is 0. The lowest BCUT2D eigenvalue weighted by molar-refractivity contribution is 0.146. The van der Waals surface area contributed by atoms with Gasteiger partial charge in [-0.25, -0.2) is 0 Å². The lowest BCUT2D eigenvalue weighted by Gasteiger charge is -2.09. The number of halogens is 3. The number of thiocarbonyl (C=S) groups is 1. The number of hydrogen-bond donors (Lipinski definition) is 2. The van der Waals surface area contributed by atoms with E-state index in [2.05, 4.69) is 31.7 Å². The minimum absolute atomic E-state index is 0.525. The van der Waals surface area contributed by atoms with Gasteiger partial charge in [-0.05, 0) is 59.2 Å². The van der Waals surface area contributed by atoms with Gasteiger partial charge in [0.25, 0.3) is 0 Å². The first-order chi connectivity index (χ1) is 12.0. The van der Waals surface area contributed by atoms with E-state index in [4.69, 9.17) is 40.2 Å². The maximum Gasteiger partial charge on any atom is 0.172 e. The summed E-state index contributed by atoms with van der Waals surface area (Å²) >= 11 is 20.8. The Hall–Kier alpha value is -0.860. The van der Waals surface area contributed by atoms with Gasteiger partial charge in [-0.1, -0.05) is 29.3 Å². The van der Waals surface area contributed by atoms with Crippen molar-refractivity contribution in [1.29, 1.82) is 0 Å². The van der Waals surface area contributed by atoms with Crippen LogP contribution >= 0.6 is 51.3 Å². The van der Waals surface area contributed by atoms with Gasteiger partial charge in [0.15, 0.2) is 10.9 Å². The first-order valence-corrected chi connectivity index (χ1v) is 9.74. The predicted octanol–water partition coefficient (Wildman–Crippen LogP) is 4.71. The molecule has 0 spiro atoms. The molecule has 136 valence electrons. The Balaban J connectivity index is 1.88. The van der Waals surface area contributed by atoms with E-state index in [0.717, 1.165) is 29.6 Å². The van der Waals surface area contributed by atoms with E-state index in [1.54, 1.807) is 10.7 Å². The lowest BCUT2D eigenvalue weighted by atomic mass is 10.2. The predicted molar refractivity (Wildman–Crippen MR) is 111 cm³/mol. The molecule has 5 nitrogen and oxygen atoms in total. The Bertz CT molecular complexity index is 726. The van der Waals surface area contributed by atoms with Crippen molar-refractivity contribution in [1.82, 2.24) is 15.1 Å². The van der Waals surface area contributed by atoms with Gasteiger partial charge in [0.2, 0.25) is 0 Å². The molecule has 1 aromatic carbocycles. The van der Waals surface area contributed by atoms with Gasteiger partial charge < -0.3 is 15.4 Å². The standard InChI is InChI=1S/C16H19BrCl2N4OS/c1-2-24-7-3-6-20-16(25)21-15-12(17)10-23(22-15)9-11-4-5-13(18)14(19)8-11/h4-5,8,10H,2-3,6-7,9H2,1H3,(H2,20,21,22,25). The Morgan fingerprint density at radius 3 is 2.88 bits per heavy atom. The summed E-state index contributed by atoms with van der Waals surface area (Å²) in [6.07, 6.45) is 2.77. The van der Waals surface area contributed by atoms with Crippen molar-refractivity contribution in [3.63, 3.8) is 0 Å². The van der Waals surface area contributed by atoms with Crippen LogP contribution in [0, 0.1) is 0 Å². The normalized spacial score (nSPS) is 10.7. The number of anilines is 1. The van der Waals surface area contributed by atoms with E-state index >= 15 is 0 Å². The van der Waals surface area contributed by atoms with Crippen molar-refractivity contribution in [2.24, 2.45) is 0 Å². The Labute approximate surface area is 171 Å². The van der Waals surface area contributed by atoms with E-state index in [-0.39, 0.29) is 0 Å². The summed E-state index contributed by atoms with van der Waals surface area (Å²) in [4.78, 5) is 0. The van der Waals surface area contributed by atoms with Gasteiger partial charge in [0, 0.05) is 26.0 Å². The molecule has 2 rings (SSSR count). The van der Waals surface area contributed by atoms with Gasteiger partial charge in [-0.15, -0.1) is 0 Å². The molecule has 0 atom stereocenters. The Kier molecular flexibility index (Phi) is 8.45. The molecule has 0 saturated carbocycles. The number of ether oxygens (including phenoxy) is 1. The van der Waals surface area contributed by atoms with Gasteiger partial charge in [-0.3, -0.25) is 4.68 Å². The molecule has 0 unspecified atom stereocenters. The summed E-state index contributed by atoms with van der Waals surface area (Å²) in [6, 6.07) is 5.52. The molecule has 0 fully saturated rings. The first kappa shape index (κ1) is 20.5. The Morgan fingerprint density at radius 2 is 2.16 bits per heavy atom. The van der Waals surface area contributed by atoms with Gasteiger partial charge in [-0.2, -0.15) is 5.10 Å². The zero-order valence-electron chi connectivity index (χ0n) is 13.7. The third kappa shape index (κ3) is 6.75. The van der Waals surface area contributed by atoms with Crippen LogP contribution in [0.4, 0.5) is 5.82 Å². The van der Waals surface area contributed by atoms with Crippen molar-refractivity contribution >= 4 is 62.3 Å². The zero-order valence-corrected chi connectivity index (χ0v) is 17.6. The molecular weight excluding hydrogens is 447 g/mol. The highest BCUT2D eigenvalue weighted by Crippen LogP contribution is 2.24. The second-order valence-electron chi connectivity index (χ2n) is 5.20. The van der Waals surface area contributed by atoms with E-state index in [1.165, 1.54) is 0 Å². The van der Waals surface area contributed by atoms with E-state index in [0.29, 0.717) is 34.1 Å². The second kappa shape index (κ2) is 10.3. The summed E-state index contributed by atoms with van der Waals surface area (Å²) < 4.78 is 7.90. The molecule has 0 aliphatic carbocycles. The minimum atomic E-state index is 0.525. The molecule has 0 amide bonds. The van der Waals surface area contributed by atoms with Crippen molar-refractivity contribution in [3.05, 3.63) is 44.5 Å². The van der Waals surface area contributed by atoms with Gasteiger partial charge in [0.1, 0.15) is 0 Å². The summed E-state index contributed by atoms with van der Waals surface area (Å²) in [6.45, 7) is 4.74. The molecule has 2 aromatic rings. The smallest absolute Gasteiger partial charge is 0.172 e. The van der Waals surface area contributed by atoms with Crippen LogP contribution in [-0.2, 0) is 11.3 Å². The molecule has 2 N–H and O–H groups in total. The third-order valence-electron chi connectivity index (χ3n) is 3.23. The largest absolute Gasteiger partial charge is 0.382 e. The molecule has 1 aromatic heterocycles. The molecule has 0 aliphatic rings. The molecule has 0 saturated heterocycles. The number of aromatic nitrogens is 2. The molecular formula is C16H19BrCl2N4OS. The quantitative estimate of drug-likeness (QED) is 0.436. The average Bonchev–Trinajstić information content (AvgIpc) is 2.90. The van der Waals surface area contributed by atoms with E-state index < -0.39 is 0 Å². The van der Waals surface area contributed by atoms with Crippen molar-refractivity contribution < 1.29 is 4.74 Å². The summed E-state index contributed by atoms with van der Waals surface area (Å²) in [5, 5.41) is 12.3. The fraction of sp³-hybridized carbons (Fsp3) is 0.375. The van der Waals surface area contributed by atoms with Crippen LogP contribution in [0.2, 0.25) is 10.0 Å². The van der Waals surface area contributed by atoms with Crippen LogP contribution < -0.4 is 10.6 Å². The molecule has 0 aliphatic heterocycles. The number of benzene rings is 1.